The fraction of sp³-hybridized carbons (Fsp3) is 1.00. The van der Waals surface area contributed by atoms with Crippen LogP contribution in [0.4, 0.5) is 0 Å². The van der Waals surface area contributed by atoms with Gasteiger partial charge in [-0.15, -0.1) is 11.6 Å². The highest BCUT2D eigenvalue weighted by molar-refractivity contribution is 6.17. The summed E-state index contributed by atoms with van der Waals surface area (Å²) in [7, 11) is 0. The van der Waals surface area contributed by atoms with Crippen molar-refractivity contribution in [3.05, 3.63) is 0 Å². The van der Waals surface area contributed by atoms with Crippen LogP contribution < -0.4 is 0 Å². The summed E-state index contributed by atoms with van der Waals surface area (Å²) in [5.41, 5.74) is 0.302. The summed E-state index contributed by atoms with van der Waals surface area (Å²) in [5.74, 6) is 0.737. The Balaban J connectivity index is 3.81. The summed E-state index contributed by atoms with van der Waals surface area (Å²) in [6.45, 7) is 10.8. The molecule has 0 N–H and O–H groups in total. The molecule has 0 amide bonds. The van der Waals surface area contributed by atoms with Crippen LogP contribution in [0.3, 0.4) is 0 Å². The van der Waals surface area contributed by atoms with Crippen molar-refractivity contribution < 1.29 is 4.74 Å². The van der Waals surface area contributed by atoms with Crippen LogP contribution in [0.25, 0.3) is 0 Å². The van der Waals surface area contributed by atoms with Gasteiger partial charge < -0.3 is 4.74 Å². The minimum absolute atomic E-state index is 0.302. The highest BCUT2D eigenvalue weighted by Crippen LogP contribution is 2.28. The second-order valence-corrected chi connectivity index (χ2v) is 5.18. The molecule has 0 aliphatic heterocycles. The van der Waals surface area contributed by atoms with Crippen LogP contribution in [0.5, 0.6) is 0 Å². The van der Waals surface area contributed by atoms with Gasteiger partial charge in [-0.1, -0.05) is 13.8 Å². The molecule has 0 aliphatic carbocycles. The number of halogens is 1. The summed E-state index contributed by atoms with van der Waals surface area (Å²) < 4.78 is 5.69. The Kier molecular flexibility index (Phi) is 5.98. The Hall–Kier alpha value is 0.250. The lowest BCUT2D eigenvalue weighted by Crippen LogP contribution is -2.23. The highest BCUT2D eigenvalue weighted by Gasteiger charge is 2.21. The molecule has 1 unspecified atom stereocenters. The maximum Gasteiger partial charge on any atom is 0.0555 e. The molecular formula is C11H23ClO. The predicted octanol–water partition coefficient (Wildman–Crippen LogP) is 3.85. The van der Waals surface area contributed by atoms with Gasteiger partial charge in [-0.05, 0) is 39.0 Å². The Bertz CT molecular complexity index is 132. The second-order valence-electron chi connectivity index (χ2n) is 4.80. The fourth-order valence-corrected chi connectivity index (χ4v) is 2.16. The second kappa shape index (κ2) is 5.87. The molecule has 0 fully saturated rings. The lowest BCUT2D eigenvalue weighted by molar-refractivity contribution is -0.00528. The smallest absolute Gasteiger partial charge is 0.0555 e. The molecule has 0 radical (unpaired) electrons. The zero-order valence-electron chi connectivity index (χ0n) is 9.56. The lowest BCUT2D eigenvalue weighted by Gasteiger charge is -2.28. The van der Waals surface area contributed by atoms with E-state index in [1.54, 1.807) is 0 Å². The van der Waals surface area contributed by atoms with Crippen molar-refractivity contribution in [3.63, 3.8) is 0 Å². The van der Waals surface area contributed by atoms with Gasteiger partial charge in [0.15, 0.2) is 0 Å². The average Bonchev–Trinajstić information content (AvgIpc) is 1.81. The van der Waals surface area contributed by atoms with Crippen molar-refractivity contribution >= 4 is 11.6 Å². The summed E-state index contributed by atoms with van der Waals surface area (Å²) >= 11 is 5.73. The third-order valence-electron chi connectivity index (χ3n) is 2.12. The molecule has 0 saturated carbocycles. The van der Waals surface area contributed by atoms with Crippen LogP contribution in [0.2, 0.25) is 0 Å². The Labute approximate surface area is 87.8 Å². The van der Waals surface area contributed by atoms with Gasteiger partial charge in [0, 0.05) is 5.88 Å². The molecule has 0 aromatic rings. The van der Waals surface area contributed by atoms with Crippen molar-refractivity contribution in [1.29, 1.82) is 0 Å². The molecule has 0 saturated heterocycles. The first-order valence-corrected chi connectivity index (χ1v) is 5.62. The molecule has 0 aromatic heterocycles. The van der Waals surface area contributed by atoms with Crippen molar-refractivity contribution in [1.82, 2.24) is 0 Å². The quantitative estimate of drug-likeness (QED) is 0.600. The standard InChI is InChI=1S/C11H23ClO/c1-9(2)13-10(3)8-11(4,5)6-7-12/h9-10H,6-8H2,1-5H3. The van der Waals surface area contributed by atoms with Crippen molar-refractivity contribution in [2.75, 3.05) is 5.88 Å². The van der Waals surface area contributed by atoms with Crippen LogP contribution in [-0.2, 0) is 4.74 Å². The molecule has 0 heterocycles. The Morgan fingerprint density at radius 3 is 2.15 bits per heavy atom. The predicted molar refractivity (Wildman–Crippen MR) is 59.4 cm³/mol. The first-order valence-electron chi connectivity index (χ1n) is 5.09. The number of hydrogen-bond donors (Lipinski definition) is 0. The summed E-state index contributed by atoms with van der Waals surface area (Å²) in [5, 5.41) is 0. The zero-order valence-corrected chi connectivity index (χ0v) is 10.3. The Morgan fingerprint density at radius 2 is 1.77 bits per heavy atom. The van der Waals surface area contributed by atoms with E-state index in [4.69, 9.17) is 16.3 Å². The van der Waals surface area contributed by atoms with E-state index in [1.807, 2.05) is 0 Å². The summed E-state index contributed by atoms with van der Waals surface area (Å²) in [6, 6.07) is 0. The molecule has 13 heavy (non-hydrogen) atoms. The number of ether oxygens (including phenoxy) is 1. The first kappa shape index (κ1) is 13.2. The van der Waals surface area contributed by atoms with E-state index in [1.165, 1.54) is 0 Å². The third-order valence-corrected chi connectivity index (χ3v) is 2.30. The summed E-state index contributed by atoms with van der Waals surface area (Å²) in [6.07, 6.45) is 2.79. The average molecular weight is 207 g/mol. The van der Waals surface area contributed by atoms with Crippen LogP contribution in [-0.4, -0.2) is 18.1 Å². The van der Waals surface area contributed by atoms with Crippen LogP contribution in [0.15, 0.2) is 0 Å². The van der Waals surface area contributed by atoms with Gasteiger partial charge in [-0.2, -0.15) is 0 Å². The molecule has 1 nitrogen and oxygen atoms in total. The molecule has 2 heteroatoms. The number of rotatable bonds is 6. The Morgan fingerprint density at radius 1 is 1.23 bits per heavy atom. The lowest BCUT2D eigenvalue weighted by atomic mass is 9.84. The van der Waals surface area contributed by atoms with E-state index in [0.29, 0.717) is 17.6 Å². The van der Waals surface area contributed by atoms with Gasteiger partial charge in [0.25, 0.3) is 0 Å². The maximum absolute atomic E-state index is 5.73. The van der Waals surface area contributed by atoms with E-state index < -0.39 is 0 Å². The fourth-order valence-electron chi connectivity index (χ4n) is 1.65. The van der Waals surface area contributed by atoms with E-state index >= 15 is 0 Å². The zero-order chi connectivity index (χ0) is 10.5. The molecule has 0 aliphatic rings. The normalized spacial score (nSPS) is 15.0. The van der Waals surface area contributed by atoms with E-state index in [9.17, 15) is 0 Å². The molecule has 0 spiro atoms. The molecule has 0 bridgehead atoms. The highest BCUT2D eigenvalue weighted by atomic mass is 35.5. The van der Waals surface area contributed by atoms with Gasteiger partial charge in [-0.3, -0.25) is 0 Å². The maximum atomic E-state index is 5.73. The SMILES string of the molecule is CC(C)OC(C)CC(C)(C)CCCl. The summed E-state index contributed by atoms with van der Waals surface area (Å²) in [4.78, 5) is 0. The number of hydrogen-bond acceptors (Lipinski definition) is 1. The van der Waals surface area contributed by atoms with E-state index in [0.717, 1.165) is 18.7 Å². The van der Waals surface area contributed by atoms with Crippen molar-refractivity contribution in [2.45, 2.75) is 59.7 Å². The molecule has 0 rings (SSSR count). The van der Waals surface area contributed by atoms with E-state index in [2.05, 4.69) is 34.6 Å². The largest absolute Gasteiger partial charge is 0.376 e. The molecule has 0 aromatic carbocycles. The number of alkyl halides is 1. The molecule has 80 valence electrons. The third kappa shape index (κ3) is 7.33. The minimum Gasteiger partial charge on any atom is -0.376 e. The monoisotopic (exact) mass is 206 g/mol. The van der Waals surface area contributed by atoms with Crippen LogP contribution in [0, 0.1) is 5.41 Å². The van der Waals surface area contributed by atoms with Gasteiger partial charge in [0.05, 0.1) is 12.2 Å². The van der Waals surface area contributed by atoms with Crippen molar-refractivity contribution in [3.8, 4) is 0 Å². The van der Waals surface area contributed by atoms with Crippen LogP contribution in [0.1, 0.15) is 47.5 Å². The van der Waals surface area contributed by atoms with Crippen LogP contribution >= 0.6 is 11.6 Å². The van der Waals surface area contributed by atoms with Gasteiger partial charge in [0.1, 0.15) is 0 Å². The van der Waals surface area contributed by atoms with Crippen molar-refractivity contribution in [2.24, 2.45) is 5.41 Å². The van der Waals surface area contributed by atoms with Gasteiger partial charge >= 0.3 is 0 Å². The topological polar surface area (TPSA) is 9.23 Å². The minimum atomic E-state index is 0.302. The molecule has 1 atom stereocenters. The first-order chi connectivity index (χ1) is 5.87. The molecular weight excluding hydrogens is 184 g/mol. The van der Waals surface area contributed by atoms with Gasteiger partial charge in [0.2, 0.25) is 0 Å². The van der Waals surface area contributed by atoms with E-state index in [-0.39, 0.29) is 0 Å². The van der Waals surface area contributed by atoms with Gasteiger partial charge in [-0.25, -0.2) is 0 Å².